The average molecular weight is 452 g/mol. The lowest BCUT2D eigenvalue weighted by Crippen LogP contribution is -2.14. The number of carbonyl (C=O) groups is 1. The van der Waals surface area contributed by atoms with E-state index in [1.54, 1.807) is 12.1 Å². The predicted octanol–water partition coefficient (Wildman–Crippen LogP) is 5.78. The minimum absolute atomic E-state index is 0.176. The van der Waals surface area contributed by atoms with Crippen LogP contribution in [0.2, 0.25) is 0 Å². The molecule has 4 rings (SSSR count). The summed E-state index contributed by atoms with van der Waals surface area (Å²) < 4.78 is 16.6. The quantitative estimate of drug-likeness (QED) is 0.417. The van der Waals surface area contributed by atoms with Gasteiger partial charge in [-0.05, 0) is 43.7 Å². The summed E-state index contributed by atoms with van der Waals surface area (Å²) in [7, 11) is 0. The Labute approximate surface area is 176 Å². The van der Waals surface area contributed by atoms with Crippen molar-refractivity contribution in [2.45, 2.75) is 19.8 Å². The third-order valence-corrected chi connectivity index (χ3v) is 5.24. The Hall–Kier alpha value is -2.99. The standard InChI is InChI=1S/C23H19BrFN3O/c1-15-5-7-16(8-6-15)23-20(28-13-3-2-4-21(28)27-23)11-12-22(29)26-19-10-9-17(24)14-18(19)25/h2-10,13-14H,11-12H2,1H3,(H,26,29). The van der Waals surface area contributed by atoms with Crippen molar-refractivity contribution in [2.24, 2.45) is 0 Å². The van der Waals surface area contributed by atoms with Crippen LogP contribution in [-0.2, 0) is 11.2 Å². The first-order valence-electron chi connectivity index (χ1n) is 9.29. The van der Waals surface area contributed by atoms with Crippen molar-refractivity contribution >= 4 is 33.2 Å². The molecule has 4 nitrogen and oxygen atoms in total. The summed E-state index contributed by atoms with van der Waals surface area (Å²) in [5, 5.41) is 2.65. The van der Waals surface area contributed by atoms with E-state index in [0.29, 0.717) is 10.9 Å². The molecule has 0 saturated heterocycles. The van der Waals surface area contributed by atoms with Gasteiger partial charge < -0.3 is 9.72 Å². The van der Waals surface area contributed by atoms with Crippen molar-refractivity contribution in [3.63, 3.8) is 0 Å². The van der Waals surface area contributed by atoms with Gasteiger partial charge in [-0.25, -0.2) is 9.37 Å². The molecular weight excluding hydrogens is 433 g/mol. The molecule has 1 N–H and O–H groups in total. The Morgan fingerprint density at radius 3 is 2.69 bits per heavy atom. The van der Waals surface area contributed by atoms with Crippen molar-refractivity contribution in [1.82, 2.24) is 9.38 Å². The Morgan fingerprint density at radius 1 is 1.14 bits per heavy atom. The molecule has 29 heavy (non-hydrogen) atoms. The molecule has 1 amide bonds. The Balaban J connectivity index is 1.59. The normalized spacial score (nSPS) is 11.0. The van der Waals surface area contributed by atoms with E-state index in [9.17, 15) is 9.18 Å². The third-order valence-electron chi connectivity index (χ3n) is 4.75. The molecule has 0 unspecified atom stereocenters. The van der Waals surface area contributed by atoms with Crippen LogP contribution in [0.1, 0.15) is 17.7 Å². The molecular formula is C23H19BrFN3O. The van der Waals surface area contributed by atoms with Gasteiger partial charge >= 0.3 is 0 Å². The molecule has 6 heteroatoms. The molecule has 0 radical (unpaired) electrons. The van der Waals surface area contributed by atoms with E-state index in [4.69, 9.17) is 4.98 Å². The van der Waals surface area contributed by atoms with Gasteiger partial charge in [0.1, 0.15) is 11.5 Å². The second kappa shape index (κ2) is 8.17. The molecule has 0 spiro atoms. The lowest BCUT2D eigenvalue weighted by atomic mass is 10.1. The van der Waals surface area contributed by atoms with Crippen LogP contribution >= 0.6 is 15.9 Å². The summed E-state index contributed by atoms with van der Waals surface area (Å²) in [6.07, 6.45) is 2.65. The number of hydrogen-bond acceptors (Lipinski definition) is 2. The molecule has 2 heterocycles. The molecule has 0 fully saturated rings. The molecule has 0 saturated carbocycles. The molecule has 0 aliphatic rings. The molecule has 0 atom stereocenters. The van der Waals surface area contributed by atoms with Gasteiger partial charge in [0.15, 0.2) is 0 Å². The van der Waals surface area contributed by atoms with Crippen LogP contribution in [0.3, 0.4) is 0 Å². The first-order valence-corrected chi connectivity index (χ1v) is 10.1. The van der Waals surface area contributed by atoms with Crippen LogP contribution in [0.4, 0.5) is 10.1 Å². The van der Waals surface area contributed by atoms with Gasteiger partial charge in [-0.2, -0.15) is 0 Å². The Kier molecular flexibility index (Phi) is 5.45. The third kappa shape index (κ3) is 4.22. The van der Waals surface area contributed by atoms with Crippen molar-refractivity contribution in [3.8, 4) is 11.3 Å². The first kappa shape index (κ1) is 19.3. The lowest BCUT2D eigenvalue weighted by Gasteiger charge is -2.08. The number of nitrogens with one attached hydrogen (secondary N) is 1. The number of anilines is 1. The summed E-state index contributed by atoms with van der Waals surface area (Å²) in [4.78, 5) is 17.2. The van der Waals surface area contributed by atoms with E-state index in [0.717, 1.165) is 22.6 Å². The zero-order valence-corrected chi connectivity index (χ0v) is 17.4. The highest BCUT2D eigenvalue weighted by Crippen LogP contribution is 2.26. The number of pyridine rings is 1. The highest BCUT2D eigenvalue weighted by atomic mass is 79.9. The van der Waals surface area contributed by atoms with Crippen molar-refractivity contribution in [2.75, 3.05) is 5.32 Å². The topological polar surface area (TPSA) is 46.4 Å². The van der Waals surface area contributed by atoms with E-state index in [1.807, 2.05) is 60.0 Å². The zero-order chi connectivity index (χ0) is 20.4. The fraction of sp³-hybridized carbons (Fsp3) is 0.130. The number of nitrogens with zero attached hydrogens (tertiary/aromatic N) is 2. The van der Waals surface area contributed by atoms with E-state index in [1.165, 1.54) is 11.6 Å². The van der Waals surface area contributed by atoms with Crippen LogP contribution in [0.15, 0.2) is 71.3 Å². The maximum atomic E-state index is 14.0. The summed E-state index contributed by atoms with van der Waals surface area (Å²) >= 11 is 3.21. The van der Waals surface area contributed by atoms with Crippen LogP contribution < -0.4 is 5.32 Å². The van der Waals surface area contributed by atoms with Gasteiger partial charge in [-0.15, -0.1) is 0 Å². The van der Waals surface area contributed by atoms with Crippen molar-refractivity contribution < 1.29 is 9.18 Å². The maximum absolute atomic E-state index is 14.0. The number of aromatic nitrogens is 2. The summed E-state index contributed by atoms with van der Waals surface area (Å²) in [5.74, 6) is -0.713. The van der Waals surface area contributed by atoms with Gasteiger partial charge in [-0.1, -0.05) is 51.8 Å². The minimum atomic E-state index is -0.470. The molecule has 2 aromatic heterocycles. The molecule has 0 aliphatic heterocycles. The number of aryl methyl sites for hydroxylation is 2. The van der Waals surface area contributed by atoms with Crippen LogP contribution in [0.5, 0.6) is 0 Å². The number of amides is 1. The first-order chi connectivity index (χ1) is 14.0. The summed E-state index contributed by atoms with van der Waals surface area (Å²) in [5.41, 5.74) is 5.01. The van der Waals surface area contributed by atoms with E-state index >= 15 is 0 Å². The number of halogens is 2. The van der Waals surface area contributed by atoms with Crippen molar-refractivity contribution in [1.29, 1.82) is 0 Å². The SMILES string of the molecule is Cc1ccc(-c2nc3ccccn3c2CCC(=O)Nc2ccc(Br)cc2F)cc1. The number of fused-ring (bicyclic) bond motifs is 1. The largest absolute Gasteiger partial charge is 0.324 e. The second-order valence-corrected chi connectivity index (χ2v) is 7.79. The average Bonchev–Trinajstić information content (AvgIpc) is 3.08. The monoisotopic (exact) mass is 451 g/mol. The minimum Gasteiger partial charge on any atom is -0.324 e. The molecule has 0 bridgehead atoms. The molecule has 146 valence electrons. The smallest absolute Gasteiger partial charge is 0.224 e. The highest BCUT2D eigenvalue weighted by Gasteiger charge is 2.16. The highest BCUT2D eigenvalue weighted by molar-refractivity contribution is 9.10. The molecule has 4 aromatic rings. The van der Waals surface area contributed by atoms with Crippen molar-refractivity contribution in [3.05, 3.63) is 88.4 Å². The fourth-order valence-electron chi connectivity index (χ4n) is 3.26. The number of hydrogen-bond donors (Lipinski definition) is 1. The van der Waals surface area contributed by atoms with Gasteiger partial charge in [0.2, 0.25) is 5.91 Å². The van der Waals surface area contributed by atoms with E-state index in [2.05, 4.69) is 21.2 Å². The second-order valence-electron chi connectivity index (χ2n) is 6.87. The number of rotatable bonds is 5. The van der Waals surface area contributed by atoms with Crippen LogP contribution in [0, 0.1) is 12.7 Å². The van der Waals surface area contributed by atoms with Gasteiger partial charge in [0.25, 0.3) is 0 Å². The lowest BCUT2D eigenvalue weighted by molar-refractivity contribution is -0.116. The van der Waals surface area contributed by atoms with Gasteiger partial charge in [0, 0.05) is 22.7 Å². The van der Waals surface area contributed by atoms with E-state index in [-0.39, 0.29) is 18.0 Å². The number of imidazole rings is 1. The summed E-state index contributed by atoms with van der Waals surface area (Å²) in [6, 6.07) is 18.6. The zero-order valence-electron chi connectivity index (χ0n) is 15.8. The summed E-state index contributed by atoms with van der Waals surface area (Å²) in [6.45, 7) is 2.04. The van der Waals surface area contributed by atoms with Gasteiger partial charge in [-0.3, -0.25) is 4.79 Å². The van der Waals surface area contributed by atoms with Crippen LogP contribution in [-0.4, -0.2) is 15.3 Å². The molecule has 2 aromatic carbocycles. The number of benzene rings is 2. The predicted molar refractivity (Wildman–Crippen MR) is 116 cm³/mol. The molecule has 0 aliphatic carbocycles. The Morgan fingerprint density at radius 2 is 1.93 bits per heavy atom. The Bertz CT molecular complexity index is 1180. The van der Waals surface area contributed by atoms with E-state index < -0.39 is 5.82 Å². The number of carbonyl (C=O) groups excluding carboxylic acids is 1. The maximum Gasteiger partial charge on any atom is 0.224 e. The van der Waals surface area contributed by atoms with Gasteiger partial charge in [0.05, 0.1) is 17.1 Å². The van der Waals surface area contributed by atoms with Crippen LogP contribution in [0.25, 0.3) is 16.9 Å². The fourth-order valence-corrected chi connectivity index (χ4v) is 3.60.